The van der Waals surface area contributed by atoms with Gasteiger partial charge in [0.25, 0.3) is 0 Å². The molecule has 1 heterocycles. The van der Waals surface area contributed by atoms with Gasteiger partial charge in [-0.3, -0.25) is 0 Å². The zero-order valence-electron chi connectivity index (χ0n) is 12.2. The van der Waals surface area contributed by atoms with E-state index in [2.05, 4.69) is 15.3 Å². The highest BCUT2D eigenvalue weighted by molar-refractivity contribution is 7.39. The first-order chi connectivity index (χ1) is 11.2. The van der Waals surface area contributed by atoms with Crippen LogP contribution in [0.3, 0.4) is 0 Å². The molecule has 0 aliphatic heterocycles. The zero-order chi connectivity index (χ0) is 16.2. The number of hydrogen-bond donors (Lipinski definition) is 3. The molecular formula is C15H14N3O4P. The Morgan fingerprint density at radius 2 is 1.83 bits per heavy atom. The summed E-state index contributed by atoms with van der Waals surface area (Å²) in [5.41, 5.74) is 1.50. The van der Waals surface area contributed by atoms with Crippen molar-refractivity contribution in [3.05, 3.63) is 48.8 Å². The van der Waals surface area contributed by atoms with Gasteiger partial charge in [-0.1, -0.05) is 6.07 Å². The Hall–Kier alpha value is -2.47. The predicted molar refractivity (Wildman–Crippen MR) is 87.8 cm³/mol. The molecule has 0 fully saturated rings. The number of nitrogens with one attached hydrogen (secondary N) is 1. The summed E-state index contributed by atoms with van der Waals surface area (Å²) in [4.78, 5) is 26.2. The molecule has 0 saturated heterocycles. The van der Waals surface area contributed by atoms with Gasteiger partial charge in [0, 0.05) is 11.1 Å². The summed E-state index contributed by atoms with van der Waals surface area (Å²) in [5, 5.41) is 4.03. The fourth-order valence-electron chi connectivity index (χ4n) is 2.15. The van der Waals surface area contributed by atoms with E-state index in [1.807, 2.05) is 18.2 Å². The molecule has 2 aromatic carbocycles. The van der Waals surface area contributed by atoms with Gasteiger partial charge in [-0.25, -0.2) is 9.97 Å². The van der Waals surface area contributed by atoms with Crippen LogP contribution in [0.25, 0.3) is 10.9 Å². The summed E-state index contributed by atoms with van der Waals surface area (Å²) >= 11 is 0. The van der Waals surface area contributed by atoms with Crippen molar-refractivity contribution >= 4 is 31.0 Å². The van der Waals surface area contributed by atoms with E-state index in [4.69, 9.17) is 19.0 Å². The molecule has 3 aromatic rings. The van der Waals surface area contributed by atoms with E-state index in [1.54, 1.807) is 31.4 Å². The highest BCUT2D eigenvalue weighted by atomic mass is 31.2. The van der Waals surface area contributed by atoms with Gasteiger partial charge in [0.15, 0.2) is 0 Å². The minimum Gasteiger partial charge on any atom is -0.494 e. The van der Waals surface area contributed by atoms with E-state index in [0.29, 0.717) is 17.3 Å². The molecule has 3 rings (SSSR count). The molecule has 8 heteroatoms. The van der Waals surface area contributed by atoms with Gasteiger partial charge >= 0.3 is 8.60 Å². The number of hydrogen-bond acceptors (Lipinski definition) is 7. The molecule has 0 unspecified atom stereocenters. The van der Waals surface area contributed by atoms with E-state index >= 15 is 0 Å². The van der Waals surface area contributed by atoms with E-state index in [9.17, 15) is 0 Å². The zero-order valence-corrected chi connectivity index (χ0v) is 13.1. The monoisotopic (exact) mass is 331 g/mol. The lowest BCUT2D eigenvalue weighted by atomic mass is 10.2. The number of ether oxygens (including phenoxy) is 1. The highest BCUT2D eigenvalue weighted by Gasteiger charge is 2.08. The van der Waals surface area contributed by atoms with E-state index in [1.165, 1.54) is 6.33 Å². The molecule has 0 bridgehead atoms. The Morgan fingerprint density at radius 3 is 2.52 bits per heavy atom. The lowest BCUT2D eigenvalue weighted by Crippen LogP contribution is -1.97. The second-order valence-electron chi connectivity index (χ2n) is 4.57. The third kappa shape index (κ3) is 3.48. The standard InChI is InChI=1S/C15H14N3O4P/c1-21-13-4-2-3-12-14(13)16-9-17-15(12)18-10-5-7-11(8-6-10)22-23(19)20/h2-9,19-20H,1H3,(H,16,17,18). The maximum Gasteiger partial charge on any atom is 0.391 e. The van der Waals surface area contributed by atoms with Crippen LogP contribution in [0.1, 0.15) is 0 Å². The molecule has 0 aliphatic carbocycles. The summed E-state index contributed by atoms with van der Waals surface area (Å²) in [6.07, 6.45) is 1.47. The molecule has 0 amide bonds. The van der Waals surface area contributed by atoms with Gasteiger partial charge in [0.1, 0.15) is 29.2 Å². The van der Waals surface area contributed by atoms with Crippen molar-refractivity contribution < 1.29 is 19.0 Å². The van der Waals surface area contributed by atoms with Crippen LogP contribution in [0.15, 0.2) is 48.8 Å². The van der Waals surface area contributed by atoms with Crippen molar-refractivity contribution in [3.8, 4) is 11.5 Å². The Kier molecular flexibility index (Phi) is 4.52. The third-order valence-electron chi connectivity index (χ3n) is 3.15. The molecule has 0 saturated carbocycles. The smallest absolute Gasteiger partial charge is 0.391 e. The molecule has 0 radical (unpaired) electrons. The first kappa shape index (κ1) is 15.4. The molecule has 7 nitrogen and oxygen atoms in total. The minimum atomic E-state index is -2.42. The average Bonchev–Trinajstić information content (AvgIpc) is 2.56. The number of benzene rings is 2. The summed E-state index contributed by atoms with van der Waals surface area (Å²) in [7, 11) is -0.822. The minimum absolute atomic E-state index is 0.376. The van der Waals surface area contributed by atoms with Crippen LogP contribution in [-0.4, -0.2) is 26.9 Å². The number of methoxy groups -OCH3 is 1. The highest BCUT2D eigenvalue weighted by Crippen LogP contribution is 2.31. The molecule has 0 spiro atoms. The molecule has 3 N–H and O–H groups in total. The summed E-state index contributed by atoms with van der Waals surface area (Å²) in [6, 6.07) is 12.4. The fourth-order valence-corrected chi connectivity index (χ4v) is 2.47. The summed E-state index contributed by atoms with van der Waals surface area (Å²) < 4.78 is 10.1. The Morgan fingerprint density at radius 1 is 1.04 bits per heavy atom. The maximum atomic E-state index is 8.83. The van der Waals surface area contributed by atoms with Gasteiger partial charge in [-0.2, -0.15) is 0 Å². The van der Waals surface area contributed by atoms with Gasteiger partial charge in [0.2, 0.25) is 0 Å². The normalized spacial score (nSPS) is 10.8. The lowest BCUT2D eigenvalue weighted by molar-refractivity contribution is 0.375. The van der Waals surface area contributed by atoms with Crippen LogP contribution in [-0.2, 0) is 0 Å². The van der Waals surface area contributed by atoms with E-state index < -0.39 is 8.60 Å². The van der Waals surface area contributed by atoms with Crippen LogP contribution >= 0.6 is 8.60 Å². The first-order valence-corrected chi connectivity index (χ1v) is 7.84. The van der Waals surface area contributed by atoms with E-state index in [0.717, 1.165) is 16.6 Å². The van der Waals surface area contributed by atoms with Crippen LogP contribution < -0.4 is 14.6 Å². The van der Waals surface area contributed by atoms with Crippen LogP contribution in [0.5, 0.6) is 11.5 Å². The molecule has 0 atom stereocenters. The molecular weight excluding hydrogens is 317 g/mol. The first-order valence-electron chi connectivity index (χ1n) is 6.68. The average molecular weight is 331 g/mol. The quantitative estimate of drug-likeness (QED) is 0.618. The number of rotatable bonds is 5. The van der Waals surface area contributed by atoms with Gasteiger partial charge in [-0.15, -0.1) is 0 Å². The number of anilines is 2. The van der Waals surface area contributed by atoms with Crippen LogP contribution in [0.2, 0.25) is 0 Å². The number of nitrogens with zero attached hydrogens (tertiary/aromatic N) is 2. The van der Waals surface area contributed by atoms with Crippen LogP contribution in [0.4, 0.5) is 11.5 Å². The second-order valence-corrected chi connectivity index (χ2v) is 5.26. The third-order valence-corrected chi connectivity index (χ3v) is 3.53. The summed E-state index contributed by atoms with van der Waals surface area (Å²) in [6.45, 7) is 0. The topological polar surface area (TPSA) is 96.7 Å². The number of aromatic nitrogens is 2. The van der Waals surface area contributed by atoms with Gasteiger partial charge < -0.3 is 24.4 Å². The second kappa shape index (κ2) is 6.75. The van der Waals surface area contributed by atoms with Gasteiger partial charge in [-0.05, 0) is 36.4 Å². The number of para-hydroxylation sites is 1. The van der Waals surface area contributed by atoms with Crippen molar-refractivity contribution in [2.45, 2.75) is 0 Å². The Labute approximate surface area is 133 Å². The van der Waals surface area contributed by atoms with Crippen molar-refractivity contribution in [2.24, 2.45) is 0 Å². The number of fused-ring (bicyclic) bond motifs is 1. The summed E-state index contributed by atoms with van der Waals surface area (Å²) in [5.74, 6) is 1.70. The largest absolute Gasteiger partial charge is 0.494 e. The van der Waals surface area contributed by atoms with E-state index in [-0.39, 0.29) is 0 Å². The molecule has 1 aromatic heterocycles. The Bertz CT molecular complexity index is 811. The van der Waals surface area contributed by atoms with Crippen LogP contribution in [0, 0.1) is 0 Å². The van der Waals surface area contributed by atoms with Crippen molar-refractivity contribution in [3.63, 3.8) is 0 Å². The predicted octanol–water partition coefficient (Wildman–Crippen LogP) is 2.97. The lowest BCUT2D eigenvalue weighted by Gasteiger charge is -2.11. The van der Waals surface area contributed by atoms with Crippen molar-refractivity contribution in [2.75, 3.05) is 12.4 Å². The molecule has 23 heavy (non-hydrogen) atoms. The SMILES string of the molecule is COc1cccc2c(Nc3ccc(OP(O)O)cc3)ncnc12. The fraction of sp³-hybridized carbons (Fsp3) is 0.0667. The van der Waals surface area contributed by atoms with Gasteiger partial charge in [0.05, 0.1) is 7.11 Å². The van der Waals surface area contributed by atoms with Crippen molar-refractivity contribution in [1.82, 2.24) is 9.97 Å². The van der Waals surface area contributed by atoms with Crippen molar-refractivity contribution in [1.29, 1.82) is 0 Å². The Balaban J connectivity index is 1.89. The molecule has 118 valence electrons. The maximum absolute atomic E-state index is 8.83. The molecule has 0 aliphatic rings.